The molecular formula is C13H19N3S. The molecule has 0 fully saturated rings. The second kappa shape index (κ2) is 5.02. The highest BCUT2D eigenvalue weighted by atomic mass is 32.1. The fourth-order valence-electron chi connectivity index (χ4n) is 2.02. The van der Waals surface area contributed by atoms with E-state index >= 15 is 0 Å². The summed E-state index contributed by atoms with van der Waals surface area (Å²) in [5.41, 5.74) is 7.04. The van der Waals surface area contributed by atoms with Crippen LogP contribution in [0, 0.1) is 6.92 Å². The minimum Gasteiger partial charge on any atom is -0.330 e. The lowest BCUT2D eigenvalue weighted by Gasteiger charge is -2.17. The van der Waals surface area contributed by atoms with Crippen LogP contribution >= 0.6 is 11.3 Å². The van der Waals surface area contributed by atoms with Crippen LogP contribution in [-0.2, 0) is 6.42 Å². The number of nitrogens with zero attached hydrogens (tertiary/aromatic N) is 2. The molecule has 2 aromatic heterocycles. The van der Waals surface area contributed by atoms with Crippen LogP contribution in [0.1, 0.15) is 41.4 Å². The Morgan fingerprint density at radius 1 is 1.41 bits per heavy atom. The summed E-state index contributed by atoms with van der Waals surface area (Å²) in [6.45, 7) is 6.35. The number of nitrogens with two attached hydrogens (primary N) is 1. The fraction of sp³-hybridized carbons (Fsp3) is 0.462. The van der Waals surface area contributed by atoms with Gasteiger partial charge in [0.05, 0.1) is 12.0 Å². The summed E-state index contributed by atoms with van der Waals surface area (Å²) < 4.78 is 2.18. The summed E-state index contributed by atoms with van der Waals surface area (Å²) in [5.74, 6) is 0. The van der Waals surface area contributed by atoms with Gasteiger partial charge in [0.15, 0.2) is 0 Å². The van der Waals surface area contributed by atoms with E-state index in [0.29, 0.717) is 6.04 Å². The molecule has 0 aliphatic heterocycles. The monoisotopic (exact) mass is 249 g/mol. The molecule has 0 aromatic carbocycles. The number of thiophene rings is 1. The molecule has 0 saturated heterocycles. The van der Waals surface area contributed by atoms with E-state index < -0.39 is 0 Å². The Morgan fingerprint density at radius 3 is 2.76 bits per heavy atom. The number of hydrogen-bond donors (Lipinski definition) is 1. The Bertz CT molecular complexity index is 484. The normalized spacial score (nSPS) is 14.8. The average molecular weight is 249 g/mol. The van der Waals surface area contributed by atoms with Crippen LogP contribution in [0.3, 0.4) is 0 Å². The largest absolute Gasteiger partial charge is 0.330 e. The van der Waals surface area contributed by atoms with Gasteiger partial charge in [-0.2, -0.15) is 0 Å². The second-order valence-corrected chi connectivity index (χ2v) is 5.95. The molecule has 0 spiro atoms. The maximum atomic E-state index is 5.94. The summed E-state index contributed by atoms with van der Waals surface area (Å²) in [4.78, 5) is 6.98. The van der Waals surface area contributed by atoms with Gasteiger partial charge in [-0.25, -0.2) is 4.98 Å². The number of imidazole rings is 1. The fourth-order valence-corrected chi connectivity index (χ4v) is 3.03. The molecule has 17 heavy (non-hydrogen) atoms. The first-order valence-corrected chi connectivity index (χ1v) is 6.72. The van der Waals surface area contributed by atoms with Crippen LogP contribution in [0.25, 0.3) is 0 Å². The van der Waals surface area contributed by atoms with Gasteiger partial charge in [0.1, 0.15) is 0 Å². The van der Waals surface area contributed by atoms with E-state index in [1.165, 1.54) is 9.75 Å². The third kappa shape index (κ3) is 2.76. The van der Waals surface area contributed by atoms with Crippen LogP contribution in [0.4, 0.5) is 0 Å². The summed E-state index contributed by atoms with van der Waals surface area (Å²) >= 11 is 1.86. The van der Waals surface area contributed by atoms with Crippen molar-refractivity contribution in [2.45, 2.75) is 39.3 Å². The van der Waals surface area contributed by atoms with E-state index in [1.54, 1.807) is 0 Å². The van der Waals surface area contributed by atoms with Crippen molar-refractivity contribution in [2.75, 3.05) is 0 Å². The molecule has 2 heterocycles. The van der Waals surface area contributed by atoms with E-state index in [1.807, 2.05) is 30.8 Å². The Morgan fingerprint density at radius 2 is 2.18 bits per heavy atom. The molecular weight excluding hydrogens is 230 g/mol. The quantitative estimate of drug-likeness (QED) is 0.905. The molecule has 0 aliphatic carbocycles. The first-order valence-electron chi connectivity index (χ1n) is 5.90. The lowest BCUT2D eigenvalue weighted by atomic mass is 10.2. The molecule has 0 amide bonds. The SMILES string of the molecule is Cc1ccc(CC(C)n2cncc2C(C)N)s1. The zero-order chi connectivity index (χ0) is 12.4. The maximum Gasteiger partial charge on any atom is 0.0951 e. The van der Waals surface area contributed by atoms with Gasteiger partial charge >= 0.3 is 0 Å². The predicted octanol–water partition coefficient (Wildman–Crippen LogP) is 3.08. The summed E-state index contributed by atoms with van der Waals surface area (Å²) in [6, 6.07) is 4.81. The molecule has 2 aromatic rings. The van der Waals surface area contributed by atoms with Crippen molar-refractivity contribution in [3.05, 3.63) is 40.1 Å². The molecule has 92 valence electrons. The van der Waals surface area contributed by atoms with Crippen LogP contribution < -0.4 is 5.73 Å². The first-order chi connectivity index (χ1) is 8.08. The van der Waals surface area contributed by atoms with Crippen LogP contribution in [0.5, 0.6) is 0 Å². The van der Waals surface area contributed by atoms with Gasteiger partial charge in [-0.05, 0) is 32.9 Å². The summed E-state index contributed by atoms with van der Waals surface area (Å²) in [6.07, 6.45) is 4.78. The smallest absolute Gasteiger partial charge is 0.0951 e. The maximum absolute atomic E-state index is 5.94. The van der Waals surface area contributed by atoms with Crippen LogP contribution in [0.2, 0.25) is 0 Å². The minimum absolute atomic E-state index is 0.0324. The first kappa shape index (κ1) is 12.3. The number of aromatic nitrogens is 2. The van der Waals surface area contributed by atoms with E-state index in [0.717, 1.165) is 12.1 Å². The van der Waals surface area contributed by atoms with Crippen molar-refractivity contribution in [2.24, 2.45) is 5.73 Å². The Kier molecular flexibility index (Phi) is 3.64. The van der Waals surface area contributed by atoms with E-state index in [9.17, 15) is 0 Å². The van der Waals surface area contributed by atoms with Crippen molar-refractivity contribution >= 4 is 11.3 Å². The van der Waals surface area contributed by atoms with Gasteiger partial charge in [-0.15, -0.1) is 11.3 Å². The number of aryl methyl sites for hydroxylation is 1. The highest BCUT2D eigenvalue weighted by Crippen LogP contribution is 2.23. The Balaban J connectivity index is 2.14. The van der Waals surface area contributed by atoms with E-state index in [2.05, 4.69) is 35.5 Å². The number of rotatable bonds is 4. The van der Waals surface area contributed by atoms with Gasteiger partial charge in [0.2, 0.25) is 0 Å². The molecule has 2 unspecified atom stereocenters. The molecule has 0 radical (unpaired) electrons. The van der Waals surface area contributed by atoms with Gasteiger partial charge < -0.3 is 10.3 Å². The van der Waals surface area contributed by atoms with E-state index in [4.69, 9.17) is 5.73 Å². The van der Waals surface area contributed by atoms with Crippen molar-refractivity contribution in [3.63, 3.8) is 0 Å². The lowest BCUT2D eigenvalue weighted by molar-refractivity contribution is 0.513. The molecule has 2 N–H and O–H groups in total. The molecule has 2 rings (SSSR count). The van der Waals surface area contributed by atoms with Crippen LogP contribution in [-0.4, -0.2) is 9.55 Å². The lowest BCUT2D eigenvalue weighted by Crippen LogP contribution is -2.15. The second-order valence-electron chi connectivity index (χ2n) is 4.58. The van der Waals surface area contributed by atoms with Gasteiger partial charge in [0.25, 0.3) is 0 Å². The summed E-state index contributed by atoms with van der Waals surface area (Å²) in [5, 5.41) is 0. The van der Waals surface area contributed by atoms with Gasteiger partial charge in [-0.1, -0.05) is 0 Å². The third-order valence-electron chi connectivity index (χ3n) is 2.93. The molecule has 0 bridgehead atoms. The summed E-state index contributed by atoms with van der Waals surface area (Å²) in [7, 11) is 0. The molecule has 2 atom stereocenters. The minimum atomic E-state index is 0.0324. The molecule has 0 saturated carbocycles. The molecule has 4 heteroatoms. The molecule has 3 nitrogen and oxygen atoms in total. The topological polar surface area (TPSA) is 43.8 Å². The third-order valence-corrected chi connectivity index (χ3v) is 3.95. The number of hydrogen-bond acceptors (Lipinski definition) is 3. The zero-order valence-corrected chi connectivity index (χ0v) is 11.4. The van der Waals surface area contributed by atoms with Gasteiger partial charge in [0, 0.05) is 34.5 Å². The van der Waals surface area contributed by atoms with Gasteiger partial charge in [-0.3, -0.25) is 0 Å². The van der Waals surface area contributed by atoms with Crippen molar-refractivity contribution in [1.29, 1.82) is 0 Å². The predicted molar refractivity (Wildman–Crippen MR) is 72.3 cm³/mol. The molecule has 0 aliphatic rings. The van der Waals surface area contributed by atoms with Crippen LogP contribution in [0.15, 0.2) is 24.7 Å². The van der Waals surface area contributed by atoms with Crippen molar-refractivity contribution in [3.8, 4) is 0 Å². The standard InChI is InChI=1S/C13H19N3S/c1-9(6-12-5-4-10(2)17-12)16-8-15-7-13(16)11(3)14/h4-5,7-9,11H,6,14H2,1-3H3. The van der Waals surface area contributed by atoms with Crippen molar-refractivity contribution < 1.29 is 0 Å². The highest BCUT2D eigenvalue weighted by molar-refractivity contribution is 7.11. The highest BCUT2D eigenvalue weighted by Gasteiger charge is 2.13. The van der Waals surface area contributed by atoms with E-state index in [-0.39, 0.29) is 6.04 Å². The Hall–Kier alpha value is -1.13. The average Bonchev–Trinajstić information content (AvgIpc) is 2.86. The van der Waals surface area contributed by atoms with Crippen molar-refractivity contribution in [1.82, 2.24) is 9.55 Å². The zero-order valence-electron chi connectivity index (χ0n) is 10.6. The Labute approximate surface area is 106 Å².